The number of hydrogen-bond acceptors (Lipinski definition) is 3. The Bertz CT molecular complexity index is 623. The monoisotopic (exact) mass is 329 g/mol. The summed E-state index contributed by atoms with van der Waals surface area (Å²) >= 11 is 0. The minimum absolute atomic E-state index is 0.0211. The van der Waals surface area contributed by atoms with Crippen molar-refractivity contribution in [2.24, 2.45) is 11.7 Å². The molecule has 2 aliphatic rings. The molecule has 3 rings (SSSR count). The molecule has 5 nitrogen and oxygen atoms in total. The van der Waals surface area contributed by atoms with Crippen LogP contribution in [0.1, 0.15) is 44.6 Å². The number of anilines is 1. The Morgan fingerprint density at radius 1 is 1.33 bits per heavy atom. The second-order valence-corrected chi connectivity index (χ2v) is 7.07. The van der Waals surface area contributed by atoms with Crippen LogP contribution in [0.4, 0.5) is 5.69 Å². The Hall–Kier alpha value is -1.88. The normalized spacial score (nSPS) is 22.8. The van der Waals surface area contributed by atoms with Gasteiger partial charge in [0, 0.05) is 25.2 Å². The first-order valence-corrected chi connectivity index (χ1v) is 8.99. The minimum Gasteiger partial charge on any atom is -0.349 e. The van der Waals surface area contributed by atoms with Crippen LogP contribution in [0.5, 0.6) is 0 Å². The molecule has 1 aliphatic carbocycles. The van der Waals surface area contributed by atoms with Crippen molar-refractivity contribution in [3.05, 3.63) is 29.8 Å². The summed E-state index contributed by atoms with van der Waals surface area (Å²) in [6, 6.07) is 7.93. The van der Waals surface area contributed by atoms with E-state index in [1.165, 1.54) is 0 Å². The molecule has 1 aromatic rings. The summed E-state index contributed by atoms with van der Waals surface area (Å²) in [6.07, 6.45) is 5.25. The second kappa shape index (κ2) is 6.93. The number of nitrogens with one attached hydrogen (secondary N) is 1. The van der Waals surface area contributed by atoms with E-state index in [0.717, 1.165) is 43.4 Å². The number of hydrogen-bond donors (Lipinski definition) is 2. The van der Waals surface area contributed by atoms with Gasteiger partial charge >= 0.3 is 0 Å². The van der Waals surface area contributed by atoms with Gasteiger partial charge in [-0.2, -0.15) is 0 Å². The zero-order valence-corrected chi connectivity index (χ0v) is 14.4. The van der Waals surface area contributed by atoms with E-state index in [2.05, 4.69) is 12.2 Å². The van der Waals surface area contributed by atoms with Crippen molar-refractivity contribution >= 4 is 17.5 Å². The first-order valence-electron chi connectivity index (χ1n) is 8.99. The number of carbonyl (C=O) groups excluding carboxylic acids is 2. The average Bonchev–Trinajstić information content (AvgIpc) is 3.22. The summed E-state index contributed by atoms with van der Waals surface area (Å²) in [6.45, 7) is 3.01. The summed E-state index contributed by atoms with van der Waals surface area (Å²) in [5.74, 6) is -0.275. The Morgan fingerprint density at radius 3 is 2.71 bits per heavy atom. The third kappa shape index (κ3) is 3.18. The lowest BCUT2D eigenvalue weighted by Gasteiger charge is -2.30. The van der Waals surface area contributed by atoms with Crippen LogP contribution in [0, 0.1) is 5.92 Å². The number of amides is 2. The molecule has 5 heteroatoms. The number of nitrogens with two attached hydrogens (primary N) is 1. The second-order valence-electron chi connectivity index (χ2n) is 7.07. The fourth-order valence-electron chi connectivity index (χ4n) is 3.98. The number of para-hydroxylation sites is 1. The summed E-state index contributed by atoms with van der Waals surface area (Å²) in [5, 5.41) is 3.16. The number of nitrogens with zero attached hydrogens (tertiary/aromatic N) is 1. The molecule has 1 saturated carbocycles. The molecule has 130 valence electrons. The first-order chi connectivity index (χ1) is 11.6. The van der Waals surface area contributed by atoms with Crippen LogP contribution in [0.2, 0.25) is 0 Å². The van der Waals surface area contributed by atoms with Crippen molar-refractivity contribution in [2.75, 3.05) is 18.0 Å². The lowest BCUT2D eigenvalue weighted by Crippen LogP contribution is -2.53. The maximum atomic E-state index is 12.7. The lowest BCUT2D eigenvalue weighted by molar-refractivity contribution is -0.127. The molecule has 1 heterocycles. The van der Waals surface area contributed by atoms with Crippen molar-refractivity contribution in [2.45, 2.75) is 51.0 Å². The molecule has 1 aliphatic heterocycles. The van der Waals surface area contributed by atoms with E-state index < -0.39 is 0 Å². The summed E-state index contributed by atoms with van der Waals surface area (Å²) in [5.41, 5.74) is 7.73. The number of benzene rings is 1. The molecule has 2 amide bonds. The van der Waals surface area contributed by atoms with Gasteiger partial charge in [0.05, 0.1) is 11.5 Å². The fraction of sp³-hybridized carbons (Fsp3) is 0.579. The first kappa shape index (κ1) is 17.0. The maximum Gasteiger partial charge on any atom is 0.227 e. The van der Waals surface area contributed by atoms with Gasteiger partial charge in [0.2, 0.25) is 11.8 Å². The molecular formula is C19H27N3O2. The van der Waals surface area contributed by atoms with Crippen molar-refractivity contribution < 1.29 is 9.59 Å². The largest absolute Gasteiger partial charge is 0.349 e. The van der Waals surface area contributed by atoms with E-state index in [1.807, 2.05) is 24.3 Å². The number of rotatable bonds is 5. The smallest absolute Gasteiger partial charge is 0.227 e. The highest BCUT2D eigenvalue weighted by molar-refractivity contribution is 6.01. The van der Waals surface area contributed by atoms with Gasteiger partial charge in [-0.3, -0.25) is 9.59 Å². The molecule has 0 aromatic heterocycles. The van der Waals surface area contributed by atoms with Crippen LogP contribution in [0.15, 0.2) is 24.3 Å². The van der Waals surface area contributed by atoms with E-state index >= 15 is 0 Å². The number of carbonyl (C=O) groups is 2. The third-order valence-electron chi connectivity index (χ3n) is 5.50. The van der Waals surface area contributed by atoms with Crippen molar-refractivity contribution in [1.29, 1.82) is 0 Å². The highest BCUT2D eigenvalue weighted by Gasteiger charge is 2.40. The summed E-state index contributed by atoms with van der Waals surface area (Å²) < 4.78 is 0. The molecule has 0 bridgehead atoms. The van der Waals surface area contributed by atoms with Gasteiger partial charge in [0.15, 0.2) is 0 Å². The minimum atomic E-state index is -0.286. The highest BCUT2D eigenvalue weighted by Crippen LogP contribution is 2.31. The maximum absolute atomic E-state index is 12.7. The van der Waals surface area contributed by atoms with Gasteiger partial charge in [0.1, 0.15) is 0 Å². The van der Waals surface area contributed by atoms with Gasteiger partial charge in [0.25, 0.3) is 0 Å². The molecule has 0 radical (unpaired) electrons. The van der Waals surface area contributed by atoms with Crippen LogP contribution in [0.25, 0.3) is 0 Å². The van der Waals surface area contributed by atoms with Crippen LogP contribution >= 0.6 is 0 Å². The van der Waals surface area contributed by atoms with Gasteiger partial charge in [-0.15, -0.1) is 0 Å². The zero-order valence-electron chi connectivity index (χ0n) is 14.4. The Labute approximate surface area is 143 Å². The predicted molar refractivity (Wildman–Crippen MR) is 94.7 cm³/mol. The summed E-state index contributed by atoms with van der Waals surface area (Å²) in [4.78, 5) is 26.9. The molecule has 24 heavy (non-hydrogen) atoms. The van der Waals surface area contributed by atoms with Crippen LogP contribution < -0.4 is 16.0 Å². The molecule has 2 fully saturated rings. The highest BCUT2D eigenvalue weighted by atomic mass is 16.2. The SMILES string of the molecule is CCc1ccccc1N1CC(C(=O)NC2(CN)CCCC2)CC1=O. The van der Waals surface area contributed by atoms with Gasteiger partial charge < -0.3 is 16.0 Å². The predicted octanol–water partition coefficient (Wildman–Crippen LogP) is 1.99. The zero-order chi connectivity index (χ0) is 17.2. The lowest BCUT2D eigenvalue weighted by atomic mass is 9.96. The fourth-order valence-corrected chi connectivity index (χ4v) is 3.98. The average molecular weight is 329 g/mol. The molecule has 1 unspecified atom stereocenters. The van der Waals surface area contributed by atoms with E-state index in [4.69, 9.17) is 5.73 Å². The quantitative estimate of drug-likeness (QED) is 0.867. The van der Waals surface area contributed by atoms with E-state index in [9.17, 15) is 9.59 Å². The van der Waals surface area contributed by atoms with Gasteiger partial charge in [-0.1, -0.05) is 38.0 Å². The van der Waals surface area contributed by atoms with E-state index in [-0.39, 0.29) is 29.7 Å². The Morgan fingerprint density at radius 2 is 2.04 bits per heavy atom. The van der Waals surface area contributed by atoms with Crippen molar-refractivity contribution in [1.82, 2.24) is 5.32 Å². The topological polar surface area (TPSA) is 75.4 Å². The van der Waals surface area contributed by atoms with Crippen molar-refractivity contribution in [3.8, 4) is 0 Å². The van der Waals surface area contributed by atoms with E-state index in [0.29, 0.717) is 13.1 Å². The molecule has 1 aromatic carbocycles. The molecule has 1 saturated heterocycles. The van der Waals surface area contributed by atoms with Gasteiger partial charge in [-0.25, -0.2) is 0 Å². The molecular weight excluding hydrogens is 302 g/mol. The Kier molecular flexibility index (Phi) is 4.90. The molecule has 3 N–H and O–H groups in total. The standard InChI is InChI=1S/C19H27N3O2/c1-2-14-7-3-4-8-16(14)22-12-15(11-17(22)23)18(24)21-19(13-20)9-5-6-10-19/h3-4,7-8,15H,2,5-6,9-13,20H2,1H3,(H,21,24). The van der Waals surface area contributed by atoms with Gasteiger partial charge in [-0.05, 0) is 30.9 Å². The Balaban J connectivity index is 1.71. The summed E-state index contributed by atoms with van der Waals surface area (Å²) in [7, 11) is 0. The van der Waals surface area contributed by atoms with Crippen LogP contribution in [-0.4, -0.2) is 30.4 Å². The van der Waals surface area contributed by atoms with Crippen LogP contribution in [-0.2, 0) is 16.0 Å². The van der Waals surface area contributed by atoms with E-state index in [1.54, 1.807) is 4.90 Å². The molecule has 0 spiro atoms. The van der Waals surface area contributed by atoms with Crippen LogP contribution in [0.3, 0.4) is 0 Å². The molecule has 1 atom stereocenters. The van der Waals surface area contributed by atoms with Crippen molar-refractivity contribution in [3.63, 3.8) is 0 Å². The number of aryl methyl sites for hydroxylation is 1. The third-order valence-corrected chi connectivity index (χ3v) is 5.50.